The molecule has 1 saturated heterocycles. The van der Waals surface area contributed by atoms with Crippen molar-refractivity contribution in [2.45, 2.75) is 25.8 Å². The number of methoxy groups -OCH3 is 1. The van der Waals surface area contributed by atoms with Crippen LogP contribution in [0.2, 0.25) is 0 Å². The van der Waals surface area contributed by atoms with Gasteiger partial charge in [0.2, 0.25) is 5.91 Å². The summed E-state index contributed by atoms with van der Waals surface area (Å²) in [5, 5.41) is 5.86. The molecule has 2 aromatic rings. The van der Waals surface area contributed by atoms with Gasteiger partial charge in [-0.05, 0) is 43.0 Å². The first-order chi connectivity index (χ1) is 13.7. The predicted octanol–water partition coefficient (Wildman–Crippen LogP) is 2.57. The lowest BCUT2D eigenvalue weighted by atomic mass is 9.96. The Morgan fingerprint density at radius 3 is 2.64 bits per heavy atom. The molecule has 1 aromatic carbocycles. The fourth-order valence-electron chi connectivity index (χ4n) is 3.40. The average molecular weight is 385 g/mol. The van der Waals surface area contributed by atoms with E-state index in [2.05, 4.69) is 10.6 Å². The van der Waals surface area contributed by atoms with E-state index < -0.39 is 0 Å². The van der Waals surface area contributed by atoms with E-state index in [1.807, 2.05) is 30.3 Å². The molecule has 0 aliphatic carbocycles. The molecule has 0 radical (unpaired) electrons. The van der Waals surface area contributed by atoms with Crippen molar-refractivity contribution in [1.29, 1.82) is 0 Å². The highest BCUT2D eigenvalue weighted by Crippen LogP contribution is 2.19. The van der Waals surface area contributed by atoms with Gasteiger partial charge in [-0.15, -0.1) is 0 Å². The van der Waals surface area contributed by atoms with Gasteiger partial charge in [-0.2, -0.15) is 0 Å². The van der Waals surface area contributed by atoms with Gasteiger partial charge in [0.15, 0.2) is 0 Å². The summed E-state index contributed by atoms with van der Waals surface area (Å²) in [5.41, 5.74) is 1.07. The fraction of sp³-hybridized carbons (Fsp3) is 0.429. The van der Waals surface area contributed by atoms with E-state index in [1.54, 1.807) is 24.3 Å². The maximum absolute atomic E-state index is 12.4. The van der Waals surface area contributed by atoms with Gasteiger partial charge in [0.25, 0.3) is 0 Å². The van der Waals surface area contributed by atoms with Crippen LogP contribution in [-0.2, 0) is 17.8 Å². The lowest BCUT2D eigenvalue weighted by molar-refractivity contribution is -0.126. The van der Waals surface area contributed by atoms with E-state index in [-0.39, 0.29) is 17.9 Å². The second kappa shape index (κ2) is 9.82. The number of nitrogens with zero attached hydrogens (tertiary/aromatic N) is 1. The van der Waals surface area contributed by atoms with Crippen molar-refractivity contribution in [2.24, 2.45) is 5.92 Å². The van der Waals surface area contributed by atoms with E-state index in [0.29, 0.717) is 45.4 Å². The average Bonchev–Trinajstić information content (AvgIpc) is 3.26. The number of amides is 3. The first-order valence-corrected chi connectivity index (χ1v) is 9.62. The maximum atomic E-state index is 12.4. The van der Waals surface area contributed by atoms with Crippen LogP contribution in [0.3, 0.4) is 0 Å². The van der Waals surface area contributed by atoms with Crippen molar-refractivity contribution in [3.05, 3.63) is 54.0 Å². The molecule has 7 heteroatoms. The van der Waals surface area contributed by atoms with E-state index in [1.165, 1.54) is 0 Å². The Balaban J connectivity index is 1.37. The predicted molar refractivity (Wildman–Crippen MR) is 105 cm³/mol. The first kappa shape index (κ1) is 19.8. The zero-order valence-electron chi connectivity index (χ0n) is 16.1. The number of carbonyl (C=O) groups excluding carboxylic acids is 2. The number of piperidine rings is 1. The Bertz CT molecular complexity index is 768. The number of hydrogen-bond acceptors (Lipinski definition) is 4. The van der Waals surface area contributed by atoms with Crippen molar-refractivity contribution in [1.82, 2.24) is 15.5 Å². The zero-order chi connectivity index (χ0) is 19.8. The van der Waals surface area contributed by atoms with Crippen LogP contribution in [0.15, 0.2) is 47.1 Å². The summed E-state index contributed by atoms with van der Waals surface area (Å²) in [7, 11) is 1.65. The Hall–Kier alpha value is -2.96. The molecular weight excluding hydrogens is 358 g/mol. The van der Waals surface area contributed by atoms with Crippen LogP contribution in [0.4, 0.5) is 4.79 Å². The van der Waals surface area contributed by atoms with E-state index in [9.17, 15) is 9.59 Å². The molecule has 1 fully saturated rings. The summed E-state index contributed by atoms with van der Waals surface area (Å²) in [6.45, 7) is 2.11. The number of furan rings is 1. The molecule has 1 aliphatic rings. The van der Waals surface area contributed by atoms with E-state index >= 15 is 0 Å². The van der Waals surface area contributed by atoms with Crippen molar-refractivity contribution < 1.29 is 18.7 Å². The molecule has 3 rings (SSSR count). The molecule has 0 atom stereocenters. The van der Waals surface area contributed by atoms with Gasteiger partial charge < -0.3 is 24.7 Å². The van der Waals surface area contributed by atoms with Crippen molar-refractivity contribution in [2.75, 3.05) is 26.7 Å². The molecule has 1 aromatic heterocycles. The lowest BCUT2D eigenvalue weighted by Crippen LogP contribution is -2.47. The van der Waals surface area contributed by atoms with Crippen LogP contribution in [-0.4, -0.2) is 43.6 Å². The van der Waals surface area contributed by atoms with Crippen LogP contribution in [0.25, 0.3) is 0 Å². The number of rotatable bonds is 7. The minimum Gasteiger partial charge on any atom is -0.496 e. The molecule has 0 unspecified atom stereocenters. The molecule has 2 heterocycles. The maximum Gasteiger partial charge on any atom is 0.317 e. The molecule has 0 saturated carbocycles. The molecule has 2 N–H and O–H groups in total. The summed E-state index contributed by atoms with van der Waals surface area (Å²) in [4.78, 5) is 26.4. The van der Waals surface area contributed by atoms with Gasteiger partial charge in [-0.3, -0.25) is 4.79 Å². The molecular formula is C21H27N3O4. The molecule has 150 valence electrons. The normalized spacial score (nSPS) is 14.5. The van der Waals surface area contributed by atoms with Crippen LogP contribution < -0.4 is 15.4 Å². The summed E-state index contributed by atoms with van der Waals surface area (Å²) >= 11 is 0. The first-order valence-electron chi connectivity index (χ1n) is 9.62. The smallest absolute Gasteiger partial charge is 0.317 e. The SMILES string of the molecule is COc1ccccc1CCNC(=O)N1CCC(C(=O)NCc2ccco2)CC1. The third-order valence-electron chi connectivity index (χ3n) is 5.03. The van der Waals surface area contributed by atoms with Crippen LogP contribution in [0, 0.1) is 5.92 Å². The number of benzene rings is 1. The van der Waals surface area contributed by atoms with Gasteiger partial charge in [-0.1, -0.05) is 18.2 Å². The number of urea groups is 1. The summed E-state index contributed by atoms with van der Waals surface area (Å²) < 4.78 is 10.5. The highest BCUT2D eigenvalue weighted by molar-refractivity contribution is 5.79. The number of carbonyl (C=O) groups is 2. The molecule has 28 heavy (non-hydrogen) atoms. The van der Waals surface area contributed by atoms with Crippen molar-refractivity contribution in [3.8, 4) is 5.75 Å². The zero-order valence-corrected chi connectivity index (χ0v) is 16.1. The highest BCUT2D eigenvalue weighted by Gasteiger charge is 2.27. The largest absolute Gasteiger partial charge is 0.496 e. The third kappa shape index (κ3) is 5.28. The van der Waals surface area contributed by atoms with Gasteiger partial charge in [0.1, 0.15) is 11.5 Å². The van der Waals surface area contributed by atoms with Gasteiger partial charge in [0.05, 0.1) is 19.9 Å². The van der Waals surface area contributed by atoms with Crippen molar-refractivity contribution >= 4 is 11.9 Å². The summed E-state index contributed by atoms with van der Waals surface area (Å²) in [6.07, 6.45) is 3.64. The van der Waals surface area contributed by atoms with Gasteiger partial charge in [-0.25, -0.2) is 4.79 Å². The fourth-order valence-corrected chi connectivity index (χ4v) is 3.40. The monoisotopic (exact) mass is 385 g/mol. The number of nitrogens with one attached hydrogen (secondary N) is 2. The molecule has 1 aliphatic heterocycles. The Morgan fingerprint density at radius 2 is 1.93 bits per heavy atom. The number of ether oxygens (including phenoxy) is 1. The number of hydrogen-bond donors (Lipinski definition) is 2. The van der Waals surface area contributed by atoms with Crippen LogP contribution in [0.5, 0.6) is 5.75 Å². The van der Waals surface area contributed by atoms with Gasteiger partial charge >= 0.3 is 6.03 Å². The number of para-hydroxylation sites is 1. The molecule has 0 bridgehead atoms. The summed E-state index contributed by atoms with van der Waals surface area (Å²) in [5.74, 6) is 1.53. The topological polar surface area (TPSA) is 83.8 Å². The number of likely N-dealkylation sites (tertiary alicyclic amines) is 1. The Morgan fingerprint density at radius 1 is 1.14 bits per heavy atom. The minimum absolute atomic E-state index is 0.0210. The third-order valence-corrected chi connectivity index (χ3v) is 5.03. The second-order valence-corrected chi connectivity index (χ2v) is 6.85. The van der Waals surface area contributed by atoms with E-state index in [4.69, 9.17) is 9.15 Å². The second-order valence-electron chi connectivity index (χ2n) is 6.85. The summed E-state index contributed by atoms with van der Waals surface area (Å²) in [6, 6.07) is 11.3. The van der Waals surface area contributed by atoms with Crippen molar-refractivity contribution in [3.63, 3.8) is 0 Å². The highest BCUT2D eigenvalue weighted by atomic mass is 16.5. The van der Waals surface area contributed by atoms with Crippen LogP contribution >= 0.6 is 0 Å². The lowest BCUT2D eigenvalue weighted by Gasteiger charge is -2.31. The quantitative estimate of drug-likeness (QED) is 0.767. The Labute approximate surface area is 165 Å². The standard InChI is InChI=1S/C21H27N3O4/c1-27-19-7-3-2-5-16(19)8-11-22-21(26)24-12-9-17(10-13-24)20(25)23-15-18-6-4-14-28-18/h2-7,14,17H,8-13,15H2,1H3,(H,22,26)(H,23,25). The van der Waals surface area contributed by atoms with E-state index in [0.717, 1.165) is 17.1 Å². The Kier molecular flexibility index (Phi) is 6.94. The minimum atomic E-state index is -0.0793. The molecule has 3 amide bonds. The molecule has 0 spiro atoms. The van der Waals surface area contributed by atoms with Crippen LogP contribution in [0.1, 0.15) is 24.2 Å². The van der Waals surface area contributed by atoms with Gasteiger partial charge in [0, 0.05) is 25.6 Å². The molecule has 7 nitrogen and oxygen atoms in total.